The second-order valence-electron chi connectivity index (χ2n) is 7.69. The molecule has 0 unspecified atom stereocenters. The normalized spacial score (nSPS) is 9.51. The van der Waals surface area contributed by atoms with Gasteiger partial charge in [0.05, 0.1) is 11.8 Å². The molecule has 0 aliphatic rings. The van der Waals surface area contributed by atoms with Gasteiger partial charge in [-0.25, -0.2) is 0 Å². The maximum Gasteiger partial charge on any atom is 0.147 e. The SMILES string of the molecule is C=O.CCC.CNCCCNc1nsc2ccccc12.COc1ccccc1-c1cccc(C)c1. The molecule has 0 aliphatic heterocycles. The van der Waals surface area contributed by atoms with Crippen LogP contribution in [0.1, 0.15) is 32.3 Å². The van der Waals surface area contributed by atoms with Gasteiger partial charge in [-0.1, -0.05) is 80.4 Å². The van der Waals surface area contributed by atoms with E-state index in [0.29, 0.717) is 0 Å². The molecule has 188 valence electrons. The van der Waals surface area contributed by atoms with Gasteiger partial charge in [0, 0.05) is 17.5 Å². The van der Waals surface area contributed by atoms with E-state index in [1.165, 1.54) is 27.6 Å². The third-order valence-corrected chi connectivity index (χ3v) is 5.54. The second kappa shape index (κ2) is 18.2. The van der Waals surface area contributed by atoms with Gasteiger partial charge >= 0.3 is 0 Å². The number of methoxy groups -OCH3 is 1. The lowest BCUT2D eigenvalue weighted by molar-refractivity contribution is -0.0979. The van der Waals surface area contributed by atoms with E-state index in [4.69, 9.17) is 9.53 Å². The van der Waals surface area contributed by atoms with Gasteiger partial charge in [-0.2, -0.15) is 4.37 Å². The van der Waals surface area contributed by atoms with Crippen LogP contribution in [0.2, 0.25) is 0 Å². The predicted octanol–water partition coefficient (Wildman–Crippen LogP) is 7.22. The molecule has 0 aliphatic carbocycles. The summed E-state index contributed by atoms with van der Waals surface area (Å²) in [6, 6.07) is 24.8. The minimum atomic E-state index is 0.920. The molecule has 0 saturated heterocycles. The molecule has 0 radical (unpaired) electrons. The largest absolute Gasteiger partial charge is 0.496 e. The highest BCUT2D eigenvalue weighted by molar-refractivity contribution is 7.13. The lowest BCUT2D eigenvalue weighted by Crippen LogP contribution is -2.12. The highest BCUT2D eigenvalue weighted by Crippen LogP contribution is 2.29. The van der Waals surface area contributed by atoms with Gasteiger partial charge in [0.2, 0.25) is 0 Å². The third kappa shape index (κ3) is 10.3. The molecule has 0 amide bonds. The molecule has 0 atom stereocenters. The topological polar surface area (TPSA) is 63.2 Å². The van der Waals surface area contributed by atoms with Crippen molar-refractivity contribution in [1.82, 2.24) is 9.69 Å². The molecule has 0 saturated carbocycles. The fraction of sp³-hybridized carbons (Fsp3) is 0.310. The lowest BCUT2D eigenvalue weighted by Gasteiger charge is -2.08. The maximum absolute atomic E-state index is 8.00. The zero-order valence-electron chi connectivity index (χ0n) is 21.6. The number of benzene rings is 3. The van der Waals surface area contributed by atoms with Gasteiger partial charge in [0.1, 0.15) is 18.4 Å². The highest BCUT2D eigenvalue weighted by atomic mass is 32.1. The van der Waals surface area contributed by atoms with Gasteiger partial charge in [-0.05, 0) is 62.2 Å². The molecule has 6 heteroatoms. The third-order valence-electron chi connectivity index (χ3n) is 4.71. The Labute approximate surface area is 214 Å². The first-order valence-corrected chi connectivity index (χ1v) is 12.6. The monoisotopic (exact) mass is 493 g/mol. The number of fused-ring (bicyclic) bond motifs is 1. The minimum absolute atomic E-state index is 0.920. The Kier molecular flexibility index (Phi) is 15.5. The van der Waals surface area contributed by atoms with Crippen LogP contribution in [0.3, 0.4) is 0 Å². The summed E-state index contributed by atoms with van der Waals surface area (Å²) in [6.07, 6.45) is 2.36. The van der Waals surface area contributed by atoms with E-state index in [9.17, 15) is 0 Å². The van der Waals surface area contributed by atoms with Crippen LogP contribution < -0.4 is 15.4 Å². The summed E-state index contributed by atoms with van der Waals surface area (Å²) < 4.78 is 11.0. The van der Waals surface area contributed by atoms with Gasteiger partial charge in [-0.15, -0.1) is 0 Å². The fourth-order valence-corrected chi connectivity index (χ4v) is 3.94. The summed E-state index contributed by atoms with van der Waals surface area (Å²) in [5, 5.41) is 7.72. The van der Waals surface area contributed by atoms with Crippen molar-refractivity contribution in [1.29, 1.82) is 0 Å². The zero-order chi connectivity index (χ0) is 25.9. The molecule has 4 rings (SSSR count). The number of nitrogens with zero attached hydrogens (tertiary/aromatic N) is 1. The molecule has 0 bridgehead atoms. The van der Waals surface area contributed by atoms with Crippen LogP contribution in [0.4, 0.5) is 5.82 Å². The Morgan fingerprint density at radius 2 is 1.63 bits per heavy atom. The number of aromatic nitrogens is 1. The minimum Gasteiger partial charge on any atom is -0.496 e. The smallest absolute Gasteiger partial charge is 0.147 e. The molecule has 0 fully saturated rings. The first kappa shape index (κ1) is 29.8. The highest BCUT2D eigenvalue weighted by Gasteiger charge is 2.04. The maximum atomic E-state index is 8.00. The molecule has 2 N–H and O–H groups in total. The molecule has 1 aromatic heterocycles. The first-order valence-electron chi connectivity index (χ1n) is 11.9. The first-order chi connectivity index (χ1) is 17.1. The van der Waals surface area contributed by atoms with Gasteiger partial charge < -0.3 is 20.2 Å². The van der Waals surface area contributed by atoms with Crippen LogP contribution in [0.25, 0.3) is 21.2 Å². The lowest BCUT2D eigenvalue weighted by atomic mass is 10.0. The average Bonchev–Trinajstić information content (AvgIpc) is 3.32. The molecule has 0 spiro atoms. The summed E-state index contributed by atoms with van der Waals surface area (Å²) in [6.45, 7) is 10.3. The molecule has 5 nitrogen and oxygen atoms in total. The number of carbonyl (C=O) groups is 1. The van der Waals surface area contributed by atoms with E-state index < -0.39 is 0 Å². The molecule has 4 aromatic rings. The molecule has 3 aromatic carbocycles. The van der Waals surface area contributed by atoms with E-state index in [0.717, 1.165) is 36.6 Å². The Morgan fingerprint density at radius 1 is 0.943 bits per heavy atom. The Bertz CT molecular complexity index is 1100. The fourth-order valence-electron chi connectivity index (χ4n) is 3.18. The van der Waals surface area contributed by atoms with Crippen molar-refractivity contribution >= 4 is 34.2 Å². The van der Waals surface area contributed by atoms with Crippen LogP contribution in [0, 0.1) is 6.92 Å². The average molecular weight is 494 g/mol. The zero-order valence-corrected chi connectivity index (χ0v) is 22.5. The summed E-state index contributed by atoms with van der Waals surface area (Å²) in [7, 11) is 3.67. The van der Waals surface area contributed by atoms with E-state index >= 15 is 0 Å². The summed E-state index contributed by atoms with van der Waals surface area (Å²) in [5.74, 6) is 1.94. The molecule has 1 heterocycles. The number of nitrogens with one attached hydrogen (secondary N) is 2. The van der Waals surface area contributed by atoms with Crippen molar-refractivity contribution in [2.75, 3.05) is 32.6 Å². The van der Waals surface area contributed by atoms with Crippen LogP contribution in [-0.4, -0.2) is 38.4 Å². The van der Waals surface area contributed by atoms with Crippen molar-refractivity contribution in [3.8, 4) is 16.9 Å². The predicted molar refractivity (Wildman–Crippen MR) is 153 cm³/mol. The van der Waals surface area contributed by atoms with Crippen molar-refractivity contribution in [3.63, 3.8) is 0 Å². The summed E-state index contributed by atoms with van der Waals surface area (Å²) in [5.41, 5.74) is 3.61. The van der Waals surface area contributed by atoms with E-state index in [-0.39, 0.29) is 0 Å². The number of hydrogen-bond donors (Lipinski definition) is 2. The number of para-hydroxylation sites is 1. The Hall–Kier alpha value is -3.22. The van der Waals surface area contributed by atoms with E-state index in [1.807, 2.05) is 38.1 Å². The Morgan fingerprint density at radius 3 is 2.31 bits per heavy atom. The number of hydrogen-bond acceptors (Lipinski definition) is 6. The summed E-state index contributed by atoms with van der Waals surface area (Å²) >= 11 is 1.55. The van der Waals surface area contributed by atoms with Crippen LogP contribution in [0.15, 0.2) is 72.8 Å². The van der Waals surface area contributed by atoms with Crippen LogP contribution >= 0.6 is 11.5 Å². The molecular formula is C29H39N3O2S. The van der Waals surface area contributed by atoms with Crippen molar-refractivity contribution < 1.29 is 9.53 Å². The van der Waals surface area contributed by atoms with Crippen LogP contribution in [-0.2, 0) is 4.79 Å². The van der Waals surface area contributed by atoms with Crippen molar-refractivity contribution in [2.24, 2.45) is 0 Å². The second-order valence-corrected chi connectivity index (χ2v) is 8.49. The quantitative estimate of drug-likeness (QED) is 0.266. The standard InChI is InChI=1S/C14H14O.C11H15N3S.C3H8.CH2O/c1-11-6-5-7-12(10-11)13-8-3-4-9-14(13)15-2;1-12-7-4-8-13-11-9-5-2-3-6-10(9)15-14-11;1-3-2;1-2/h3-10H,1-2H3;2-3,5-6,12H,4,7-8H2,1H3,(H,13,14);3H2,1-2H3;1H2. The number of ether oxygens (including phenoxy) is 1. The number of aryl methyl sites for hydroxylation is 1. The number of carbonyl (C=O) groups excluding carboxylic acids is 1. The molecule has 35 heavy (non-hydrogen) atoms. The van der Waals surface area contributed by atoms with E-state index in [1.54, 1.807) is 18.6 Å². The van der Waals surface area contributed by atoms with Gasteiger partial charge in [0.15, 0.2) is 0 Å². The van der Waals surface area contributed by atoms with Crippen molar-refractivity contribution in [3.05, 3.63) is 78.4 Å². The number of anilines is 1. The number of rotatable bonds is 7. The molecular weight excluding hydrogens is 454 g/mol. The van der Waals surface area contributed by atoms with E-state index in [2.05, 4.69) is 84.3 Å². The summed E-state index contributed by atoms with van der Waals surface area (Å²) in [4.78, 5) is 8.00. The Balaban J connectivity index is 0.000000296. The van der Waals surface area contributed by atoms with Gasteiger partial charge in [-0.3, -0.25) is 0 Å². The van der Waals surface area contributed by atoms with Crippen molar-refractivity contribution in [2.45, 2.75) is 33.6 Å². The van der Waals surface area contributed by atoms with Crippen LogP contribution in [0.5, 0.6) is 5.75 Å². The van der Waals surface area contributed by atoms with Gasteiger partial charge in [0.25, 0.3) is 0 Å².